The van der Waals surface area contributed by atoms with Crippen LogP contribution in [0, 0.1) is 6.92 Å². The van der Waals surface area contributed by atoms with Gasteiger partial charge < -0.3 is 4.43 Å². The Bertz CT molecular complexity index is 1200. The first-order valence-electron chi connectivity index (χ1n) is 13.4. The highest BCUT2D eigenvalue weighted by atomic mass is 127. The highest BCUT2D eigenvalue weighted by molar-refractivity contribution is 14.0. The second-order valence-electron chi connectivity index (χ2n) is 11.1. The maximum Gasteiger partial charge on any atom is 0.192 e. The zero-order valence-electron chi connectivity index (χ0n) is 24.4. The lowest BCUT2D eigenvalue weighted by molar-refractivity contribution is 0.211. The number of aryl methyl sites for hydroxylation is 2. The summed E-state index contributed by atoms with van der Waals surface area (Å²) >= 11 is 7.84. The van der Waals surface area contributed by atoms with Gasteiger partial charge in [-0.1, -0.05) is 130 Å². The molecule has 0 amide bonds. The fraction of sp³-hybridized carbons (Fsp3) is 0.303. The molecule has 0 saturated carbocycles. The first kappa shape index (κ1) is 34.9. The molecular weight excluding hydrogens is 680 g/mol. The molecule has 40 heavy (non-hydrogen) atoms. The van der Waals surface area contributed by atoms with E-state index >= 15 is 0 Å². The van der Waals surface area contributed by atoms with Crippen LogP contribution in [0.2, 0.25) is 18.1 Å². The average molecular weight is 722 g/mol. The van der Waals surface area contributed by atoms with Crippen LogP contribution in [0.4, 0.5) is 0 Å². The molecule has 1 heterocycles. The lowest BCUT2D eigenvalue weighted by atomic mass is 10.1. The van der Waals surface area contributed by atoms with Crippen LogP contribution in [0.3, 0.4) is 0 Å². The number of hydrogen-bond acceptors (Lipinski definition) is 3. The maximum absolute atomic E-state index is 6.38. The van der Waals surface area contributed by atoms with Gasteiger partial charge in [-0.05, 0) is 61.7 Å². The molecule has 1 atom stereocenters. The molecule has 0 aliphatic rings. The Kier molecular flexibility index (Phi) is 14.2. The Hall–Kier alpha value is -1.34. The van der Waals surface area contributed by atoms with Crippen molar-refractivity contribution in [1.29, 1.82) is 0 Å². The third-order valence-corrected chi connectivity index (χ3v) is 15.0. The van der Waals surface area contributed by atoms with Crippen molar-refractivity contribution in [3.8, 4) is 0 Å². The van der Waals surface area contributed by atoms with Crippen molar-refractivity contribution in [2.45, 2.75) is 64.8 Å². The van der Waals surface area contributed by atoms with Crippen molar-refractivity contribution >= 4 is 79.1 Å². The van der Waals surface area contributed by atoms with Crippen LogP contribution in [0.5, 0.6) is 0 Å². The SMILES string of the molecule is C=C(Cl)C(CCc1csc(C)n1)O[Si](C)(C)C(C)(C)C.I.c1ccc(P(c2ccccc2)c2ccccc2)cc1. The normalized spacial score (nSPS) is 12.2. The van der Waals surface area contributed by atoms with Gasteiger partial charge in [0.25, 0.3) is 0 Å². The first-order chi connectivity index (χ1) is 18.5. The minimum Gasteiger partial charge on any atom is -0.409 e. The van der Waals surface area contributed by atoms with E-state index in [1.54, 1.807) is 11.3 Å². The van der Waals surface area contributed by atoms with Crippen LogP contribution < -0.4 is 15.9 Å². The smallest absolute Gasteiger partial charge is 0.192 e. The second kappa shape index (κ2) is 16.3. The van der Waals surface area contributed by atoms with Gasteiger partial charge in [-0.25, -0.2) is 4.98 Å². The standard InChI is InChI=1S/C18H15P.C15H26ClNOSSi.HI/c1-4-10-16(11-5-1)19(17-12-6-2-7-13-17)18-14-8-3-9-15-18;1-11(16)14(18-20(6,7)15(3,4)5)9-8-13-10-19-12(2)17-13;/h1-15H;10,14H,1,8-9H2,2-7H3;1H. The van der Waals surface area contributed by atoms with Gasteiger partial charge in [-0.15, -0.1) is 35.3 Å². The molecule has 0 aliphatic carbocycles. The zero-order valence-corrected chi connectivity index (χ0v) is 30.2. The molecule has 0 spiro atoms. The van der Waals surface area contributed by atoms with Gasteiger partial charge in [0, 0.05) is 10.4 Å². The van der Waals surface area contributed by atoms with Crippen molar-refractivity contribution in [1.82, 2.24) is 4.98 Å². The summed E-state index contributed by atoms with van der Waals surface area (Å²) in [5.41, 5.74) is 1.12. The molecule has 3 aromatic carbocycles. The molecule has 4 rings (SSSR count). The second-order valence-corrected chi connectivity index (χ2v) is 19.6. The topological polar surface area (TPSA) is 22.1 Å². The minimum atomic E-state index is -1.83. The molecule has 0 bridgehead atoms. The Balaban J connectivity index is 0.000000273. The lowest BCUT2D eigenvalue weighted by Crippen LogP contribution is -2.44. The van der Waals surface area contributed by atoms with E-state index in [1.807, 2.05) is 6.92 Å². The number of aromatic nitrogens is 1. The molecule has 0 saturated heterocycles. The lowest BCUT2D eigenvalue weighted by Gasteiger charge is -2.39. The molecule has 214 valence electrons. The number of nitrogens with zero attached hydrogens (tertiary/aromatic N) is 1. The summed E-state index contributed by atoms with van der Waals surface area (Å²) in [6.07, 6.45) is 1.65. The van der Waals surface area contributed by atoms with Crippen molar-refractivity contribution < 1.29 is 4.43 Å². The van der Waals surface area contributed by atoms with Gasteiger partial charge >= 0.3 is 0 Å². The molecule has 0 fully saturated rings. The fourth-order valence-corrected chi connectivity index (χ4v) is 8.30. The third kappa shape index (κ3) is 10.5. The molecule has 2 nitrogen and oxygen atoms in total. The van der Waals surface area contributed by atoms with E-state index in [0.29, 0.717) is 5.03 Å². The van der Waals surface area contributed by atoms with Gasteiger partial charge in [-0.3, -0.25) is 0 Å². The van der Waals surface area contributed by atoms with E-state index in [4.69, 9.17) is 16.0 Å². The molecule has 1 unspecified atom stereocenters. The number of thiazole rings is 1. The molecular formula is C33H42ClINOPSSi. The summed E-state index contributed by atoms with van der Waals surface area (Å²) in [7, 11) is -2.27. The highest BCUT2D eigenvalue weighted by Crippen LogP contribution is 2.39. The molecule has 0 N–H and O–H groups in total. The largest absolute Gasteiger partial charge is 0.409 e. The molecule has 0 aliphatic heterocycles. The Morgan fingerprint density at radius 2 is 1.32 bits per heavy atom. The van der Waals surface area contributed by atoms with Crippen LogP contribution >= 0.6 is 54.8 Å². The summed E-state index contributed by atoms with van der Waals surface area (Å²) in [5.74, 6) is 0. The van der Waals surface area contributed by atoms with E-state index in [1.165, 1.54) is 15.9 Å². The van der Waals surface area contributed by atoms with Crippen molar-refractivity contribution in [3.05, 3.63) is 119 Å². The van der Waals surface area contributed by atoms with Crippen LogP contribution in [0.25, 0.3) is 0 Å². The minimum absolute atomic E-state index is 0. The van der Waals surface area contributed by atoms with Gasteiger partial charge in [0.2, 0.25) is 0 Å². The van der Waals surface area contributed by atoms with E-state index in [2.05, 4.69) is 142 Å². The molecule has 1 aromatic heterocycles. The van der Waals surface area contributed by atoms with Gasteiger partial charge in [0.05, 0.1) is 16.8 Å². The third-order valence-electron chi connectivity index (χ3n) is 6.96. The van der Waals surface area contributed by atoms with Crippen LogP contribution in [0.15, 0.2) is 108 Å². The zero-order chi connectivity index (χ0) is 28.5. The van der Waals surface area contributed by atoms with Crippen molar-refractivity contribution in [2.24, 2.45) is 0 Å². The summed E-state index contributed by atoms with van der Waals surface area (Å²) in [6, 6.07) is 32.3. The van der Waals surface area contributed by atoms with Gasteiger partial charge in [-0.2, -0.15) is 0 Å². The monoisotopic (exact) mass is 721 g/mol. The summed E-state index contributed by atoms with van der Waals surface area (Å²) < 4.78 is 6.38. The Morgan fingerprint density at radius 3 is 1.65 bits per heavy atom. The van der Waals surface area contributed by atoms with E-state index in [-0.39, 0.29) is 35.1 Å². The maximum atomic E-state index is 6.38. The van der Waals surface area contributed by atoms with Gasteiger partial charge in [0.1, 0.15) is 0 Å². The molecule has 0 radical (unpaired) electrons. The van der Waals surface area contributed by atoms with Crippen LogP contribution in [0.1, 0.15) is 37.9 Å². The van der Waals surface area contributed by atoms with Crippen LogP contribution in [-0.4, -0.2) is 19.4 Å². The summed E-state index contributed by atoms with van der Waals surface area (Å²) in [4.78, 5) is 4.49. The molecule has 7 heteroatoms. The van der Waals surface area contributed by atoms with Crippen molar-refractivity contribution in [2.75, 3.05) is 0 Å². The molecule has 4 aromatic rings. The van der Waals surface area contributed by atoms with E-state index in [9.17, 15) is 0 Å². The predicted molar refractivity (Wildman–Crippen MR) is 193 cm³/mol. The van der Waals surface area contributed by atoms with E-state index in [0.717, 1.165) is 23.5 Å². The number of rotatable bonds is 9. The summed E-state index contributed by atoms with van der Waals surface area (Å²) in [6.45, 7) is 17.1. The van der Waals surface area contributed by atoms with E-state index < -0.39 is 16.2 Å². The highest BCUT2D eigenvalue weighted by Gasteiger charge is 2.39. The summed E-state index contributed by atoms with van der Waals surface area (Å²) in [5, 5.41) is 8.18. The first-order valence-corrected chi connectivity index (χ1v) is 18.9. The van der Waals surface area contributed by atoms with Crippen molar-refractivity contribution in [3.63, 3.8) is 0 Å². The quantitative estimate of drug-likeness (QED) is 0.0976. The van der Waals surface area contributed by atoms with Crippen LogP contribution in [-0.2, 0) is 10.8 Å². The average Bonchev–Trinajstić information content (AvgIpc) is 3.33. The number of benzene rings is 3. The number of halogens is 2. The Morgan fingerprint density at radius 1 is 0.900 bits per heavy atom. The fourth-order valence-electron chi connectivity index (χ4n) is 3.79. The van der Waals surface area contributed by atoms with Gasteiger partial charge in [0.15, 0.2) is 8.32 Å². The predicted octanol–water partition coefficient (Wildman–Crippen LogP) is 9.59. The Labute approximate surface area is 270 Å². The number of hydrogen-bond donors (Lipinski definition) is 0.